The van der Waals surface area contributed by atoms with E-state index in [1.54, 1.807) is 38.1 Å². The van der Waals surface area contributed by atoms with Crippen molar-refractivity contribution in [3.8, 4) is 22.4 Å². The van der Waals surface area contributed by atoms with Gasteiger partial charge in [0.05, 0.1) is 35.7 Å². The topological polar surface area (TPSA) is 147 Å². The van der Waals surface area contributed by atoms with Gasteiger partial charge in [0.1, 0.15) is 11.5 Å². The summed E-state index contributed by atoms with van der Waals surface area (Å²) in [6.07, 6.45) is 5.23. The molecule has 1 amide bonds. The SMILES string of the molecule is CC(C)c1nc2c(c(-c3ccc(F)cc3)c1/C=C/[C@@H]1C[C@H](CC(=O)O)OC(C)(C)O1)CCCc1nc(C(=O)N=[N+]=[N-])ccc1-2. The number of carboxylic acids is 1. The van der Waals surface area contributed by atoms with Gasteiger partial charge in [0.25, 0.3) is 5.91 Å². The molecule has 228 valence electrons. The number of carbonyl (C=O) groups excluding carboxylic acids is 1. The van der Waals surface area contributed by atoms with E-state index >= 15 is 0 Å². The number of aliphatic carboxylic acids is 1. The van der Waals surface area contributed by atoms with Crippen molar-refractivity contribution >= 4 is 18.0 Å². The summed E-state index contributed by atoms with van der Waals surface area (Å²) >= 11 is 0. The molecule has 0 saturated carbocycles. The molecular formula is C33H34FN5O5. The molecule has 1 aromatic carbocycles. The van der Waals surface area contributed by atoms with Crippen LogP contribution in [0.4, 0.5) is 4.39 Å². The molecule has 0 spiro atoms. The Morgan fingerprint density at radius 1 is 1.16 bits per heavy atom. The molecule has 3 heterocycles. The fraction of sp³-hybridized carbons (Fsp3) is 0.394. The highest BCUT2D eigenvalue weighted by Crippen LogP contribution is 2.42. The van der Waals surface area contributed by atoms with Gasteiger partial charge in [0.15, 0.2) is 5.79 Å². The minimum atomic E-state index is -0.963. The van der Waals surface area contributed by atoms with Gasteiger partial charge in [0.2, 0.25) is 0 Å². The molecule has 1 N–H and O–H groups in total. The fourth-order valence-corrected chi connectivity index (χ4v) is 6.02. The molecular weight excluding hydrogens is 565 g/mol. The maximum Gasteiger partial charge on any atom is 0.305 e. The predicted molar refractivity (Wildman–Crippen MR) is 162 cm³/mol. The van der Waals surface area contributed by atoms with Crippen LogP contribution in [0.2, 0.25) is 0 Å². The van der Waals surface area contributed by atoms with E-state index in [2.05, 4.69) is 28.9 Å². The van der Waals surface area contributed by atoms with Crippen LogP contribution in [-0.2, 0) is 27.1 Å². The second-order valence-corrected chi connectivity index (χ2v) is 11.8. The third-order valence-corrected chi connectivity index (χ3v) is 7.73. The molecule has 3 aromatic rings. The maximum atomic E-state index is 14.1. The molecule has 1 aliphatic carbocycles. The van der Waals surface area contributed by atoms with Crippen molar-refractivity contribution in [1.29, 1.82) is 0 Å². The number of aryl methyl sites for hydroxylation is 1. The highest BCUT2D eigenvalue weighted by Gasteiger charge is 2.35. The lowest BCUT2D eigenvalue weighted by Gasteiger charge is -2.39. The number of hydrogen-bond acceptors (Lipinski definition) is 6. The molecule has 1 aliphatic heterocycles. The van der Waals surface area contributed by atoms with Crippen molar-refractivity contribution in [3.63, 3.8) is 0 Å². The molecule has 0 unspecified atom stereocenters. The minimum absolute atomic E-state index is 0.00330. The largest absolute Gasteiger partial charge is 0.481 e. The van der Waals surface area contributed by atoms with Crippen molar-refractivity contribution in [3.05, 3.63) is 86.9 Å². The second kappa shape index (κ2) is 12.7. The van der Waals surface area contributed by atoms with Crippen LogP contribution in [0.1, 0.15) is 85.9 Å². The lowest BCUT2D eigenvalue weighted by atomic mass is 9.86. The lowest BCUT2D eigenvalue weighted by molar-refractivity contribution is -0.290. The van der Waals surface area contributed by atoms with Crippen LogP contribution in [-0.4, -0.2) is 44.9 Å². The molecule has 2 aliphatic rings. The molecule has 44 heavy (non-hydrogen) atoms. The van der Waals surface area contributed by atoms with Gasteiger partial charge < -0.3 is 14.6 Å². The van der Waals surface area contributed by atoms with Crippen LogP contribution < -0.4 is 0 Å². The summed E-state index contributed by atoms with van der Waals surface area (Å²) in [7, 11) is 0. The number of carboxylic acid groups (broad SMARTS) is 1. The van der Waals surface area contributed by atoms with Gasteiger partial charge in [-0.05, 0) is 90.6 Å². The summed E-state index contributed by atoms with van der Waals surface area (Å²) in [6.45, 7) is 7.64. The fourth-order valence-electron chi connectivity index (χ4n) is 6.02. The number of nitrogens with zero attached hydrogens (tertiary/aromatic N) is 5. The normalized spacial score (nSPS) is 19.1. The lowest BCUT2D eigenvalue weighted by Crippen LogP contribution is -2.44. The number of pyridine rings is 2. The van der Waals surface area contributed by atoms with E-state index in [9.17, 15) is 19.1 Å². The van der Waals surface area contributed by atoms with E-state index in [4.69, 9.17) is 20.0 Å². The Kier molecular flexibility index (Phi) is 8.92. The third-order valence-electron chi connectivity index (χ3n) is 7.73. The molecule has 2 atom stereocenters. The zero-order valence-corrected chi connectivity index (χ0v) is 25.1. The highest BCUT2D eigenvalue weighted by atomic mass is 19.1. The molecule has 1 fully saturated rings. The molecule has 10 nitrogen and oxygen atoms in total. The van der Waals surface area contributed by atoms with Gasteiger partial charge in [0, 0.05) is 22.5 Å². The van der Waals surface area contributed by atoms with Crippen LogP contribution in [0, 0.1) is 5.82 Å². The van der Waals surface area contributed by atoms with Crippen molar-refractivity contribution in [2.24, 2.45) is 5.11 Å². The second-order valence-electron chi connectivity index (χ2n) is 11.8. The Labute approximate surface area is 254 Å². The van der Waals surface area contributed by atoms with Crippen LogP contribution >= 0.6 is 0 Å². The summed E-state index contributed by atoms with van der Waals surface area (Å²) < 4.78 is 26.1. The Morgan fingerprint density at radius 2 is 1.91 bits per heavy atom. The summed E-state index contributed by atoms with van der Waals surface area (Å²) in [5.74, 6) is -2.99. The molecule has 5 rings (SSSR count). The van der Waals surface area contributed by atoms with Gasteiger partial charge >= 0.3 is 5.97 Å². The molecule has 0 bridgehead atoms. The summed E-state index contributed by atoms with van der Waals surface area (Å²) in [5, 5.41) is 12.6. The third kappa shape index (κ3) is 6.70. The Bertz CT molecular complexity index is 1680. The first kappa shape index (κ1) is 31.0. The van der Waals surface area contributed by atoms with E-state index in [1.165, 1.54) is 12.1 Å². The number of amides is 1. The summed E-state index contributed by atoms with van der Waals surface area (Å²) in [4.78, 5) is 36.0. The first-order chi connectivity index (χ1) is 21.0. The van der Waals surface area contributed by atoms with Gasteiger partial charge in [-0.15, -0.1) is 0 Å². The Balaban J connectivity index is 1.69. The number of fused-ring (bicyclic) bond motifs is 3. The van der Waals surface area contributed by atoms with Crippen molar-refractivity contribution in [2.75, 3.05) is 0 Å². The van der Waals surface area contributed by atoms with Gasteiger partial charge in [-0.25, -0.2) is 9.37 Å². The smallest absolute Gasteiger partial charge is 0.305 e. The number of benzene rings is 1. The van der Waals surface area contributed by atoms with Crippen LogP contribution in [0.5, 0.6) is 0 Å². The average Bonchev–Trinajstić information content (AvgIpc) is 3.13. The molecule has 11 heteroatoms. The first-order valence-corrected chi connectivity index (χ1v) is 14.6. The zero-order chi connectivity index (χ0) is 31.6. The van der Waals surface area contributed by atoms with Gasteiger partial charge in [-0.1, -0.05) is 38.1 Å². The number of ether oxygens (including phenoxy) is 2. The van der Waals surface area contributed by atoms with Crippen molar-refractivity contribution < 1.29 is 28.6 Å². The van der Waals surface area contributed by atoms with Crippen molar-refractivity contribution in [1.82, 2.24) is 9.97 Å². The predicted octanol–water partition coefficient (Wildman–Crippen LogP) is 7.41. The van der Waals surface area contributed by atoms with Crippen LogP contribution in [0.25, 0.3) is 38.9 Å². The van der Waals surface area contributed by atoms with Crippen molar-refractivity contribution in [2.45, 2.75) is 83.7 Å². The standard InChI is InChI=1S/C33H34FN5O5/c1-18(2)30-25(13-12-21-16-22(17-28(40)41)44-33(3,4)43-21)29(19-8-10-20(34)11-9-19)24-6-5-7-26-23(31(24)37-30)14-15-27(36-26)32(42)38-39-35/h8-15,18,21-22H,5-7,16-17H2,1-4H3,(H,40,41)/b13-12+/t21-,22-/m1/s1. The summed E-state index contributed by atoms with van der Waals surface area (Å²) in [6, 6.07) is 9.74. The van der Waals surface area contributed by atoms with E-state index in [1.807, 2.05) is 12.2 Å². The van der Waals surface area contributed by atoms with Crippen LogP contribution in [0.3, 0.4) is 0 Å². The zero-order valence-electron chi connectivity index (χ0n) is 25.1. The minimum Gasteiger partial charge on any atom is -0.481 e. The maximum absolute atomic E-state index is 14.1. The molecule has 1 saturated heterocycles. The number of halogens is 1. The monoisotopic (exact) mass is 599 g/mol. The van der Waals surface area contributed by atoms with E-state index in [0.717, 1.165) is 45.6 Å². The average molecular weight is 600 g/mol. The van der Waals surface area contributed by atoms with Crippen LogP contribution in [0.15, 0.2) is 47.6 Å². The van der Waals surface area contributed by atoms with Gasteiger partial charge in [-0.2, -0.15) is 0 Å². The Hall–Kier alpha value is -4.44. The van der Waals surface area contributed by atoms with E-state index in [-0.39, 0.29) is 23.8 Å². The van der Waals surface area contributed by atoms with E-state index in [0.29, 0.717) is 25.0 Å². The number of hydrogen-bond donors (Lipinski definition) is 1. The number of azide groups is 1. The van der Waals surface area contributed by atoms with Gasteiger partial charge in [-0.3, -0.25) is 14.6 Å². The quantitative estimate of drug-likeness (QED) is 0.169. The van der Waals surface area contributed by atoms with E-state index < -0.39 is 29.9 Å². The number of carbonyl (C=O) groups is 2. The molecule has 0 radical (unpaired) electrons. The Morgan fingerprint density at radius 3 is 2.59 bits per heavy atom. The number of rotatable bonds is 7. The number of aromatic nitrogens is 2. The highest BCUT2D eigenvalue weighted by molar-refractivity contribution is 5.94. The molecule has 2 aromatic heterocycles. The summed E-state index contributed by atoms with van der Waals surface area (Å²) in [5.41, 5.74) is 15.4. The first-order valence-electron chi connectivity index (χ1n) is 14.6.